The molecule has 2 aromatic carbocycles. The molecule has 0 spiro atoms. The zero-order chi connectivity index (χ0) is 27.7. The Morgan fingerprint density at radius 3 is 2.64 bits per heavy atom. The average Bonchev–Trinajstić information content (AvgIpc) is 3.21. The van der Waals surface area contributed by atoms with E-state index >= 15 is 0 Å². The Morgan fingerprint density at radius 1 is 1.10 bits per heavy atom. The van der Waals surface area contributed by atoms with E-state index in [1.165, 1.54) is 18.3 Å². The van der Waals surface area contributed by atoms with Gasteiger partial charge in [0, 0.05) is 18.1 Å². The van der Waals surface area contributed by atoms with Gasteiger partial charge in [0.05, 0.1) is 16.8 Å². The Bertz CT molecular complexity index is 1510. The van der Waals surface area contributed by atoms with Crippen molar-refractivity contribution in [2.75, 3.05) is 18.4 Å². The lowest BCUT2D eigenvalue weighted by molar-refractivity contribution is -0.274. The standard InChI is InChI=1S/C25H21Cl2F5N6O/c26-15-7-16(27)21(20(8-15)39-25(30,31)32)23-36-19-11-35-24(34-10-13-3-4-17(28)18(29)6-13)37-22(19)38(23)12-14-2-1-5-33-9-14/h3-4,6-8,11,14,33H,1-2,5,9-10,12H2,(H,34,35,37)/t14-/m0/s1. The lowest BCUT2D eigenvalue weighted by Gasteiger charge is -2.24. The summed E-state index contributed by atoms with van der Waals surface area (Å²) in [5.74, 6) is -2.12. The molecule has 0 amide bonds. The second-order valence-electron chi connectivity index (χ2n) is 9.07. The van der Waals surface area contributed by atoms with Crippen LogP contribution < -0.4 is 15.4 Å². The fraction of sp³-hybridized carbons (Fsp3) is 0.320. The highest BCUT2D eigenvalue weighted by Gasteiger charge is 2.34. The van der Waals surface area contributed by atoms with E-state index in [9.17, 15) is 22.0 Å². The largest absolute Gasteiger partial charge is 0.573 e. The minimum atomic E-state index is -5.00. The number of nitrogens with zero attached hydrogens (tertiary/aromatic N) is 4. The van der Waals surface area contributed by atoms with Crippen molar-refractivity contribution < 1.29 is 26.7 Å². The molecule has 0 saturated carbocycles. The summed E-state index contributed by atoms with van der Waals surface area (Å²) in [5, 5.41) is 6.16. The normalized spacial score (nSPS) is 16.0. The van der Waals surface area contributed by atoms with Gasteiger partial charge < -0.3 is 19.9 Å². The minimum absolute atomic E-state index is 0.0364. The molecule has 5 rings (SSSR count). The lowest BCUT2D eigenvalue weighted by Crippen LogP contribution is -2.32. The fourth-order valence-corrected chi connectivity index (χ4v) is 5.07. The summed E-state index contributed by atoms with van der Waals surface area (Å²) in [4.78, 5) is 13.3. The summed E-state index contributed by atoms with van der Waals surface area (Å²) in [7, 11) is 0. The van der Waals surface area contributed by atoms with Crippen molar-refractivity contribution in [1.82, 2.24) is 24.8 Å². The van der Waals surface area contributed by atoms with Crippen molar-refractivity contribution in [3.05, 3.63) is 63.8 Å². The van der Waals surface area contributed by atoms with Gasteiger partial charge in [-0.05, 0) is 61.7 Å². The maximum Gasteiger partial charge on any atom is 0.573 e. The highest BCUT2D eigenvalue weighted by Crippen LogP contribution is 2.42. The first-order valence-corrected chi connectivity index (χ1v) is 12.7. The minimum Gasteiger partial charge on any atom is -0.405 e. The van der Waals surface area contributed by atoms with Crippen molar-refractivity contribution in [1.29, 1.82) is 0 Å². The molecule has 1 saturated heterocycles. The second-order valence-corrected chi connectivity index (χ2v) is 9.92. The van der Waals surface area contributed by atoms with Crippen LogP contribution in [0, 0.1) is 17.6 Å². The molecule has 0 unspecified atom stereocenters. The molecule has 2 aromatic heterocycles. The lowest BCUT2D eigenvalue weighted by atomic mass is 9.99. The molecular weight excluding hydrogens is 566 g/mol. The van der Waals surface area contributed by atoms with Crippen LogP contribution in [-0.4, -0.2) is 39.0 Å². The van der Waals surface area contributed by atoms with Crippen LogP contribution in [0.1, 0.15) is 18.4 Å². The molecule has 0 radical (unpaired) electrons. The number of benzene rings is 2. The molecule has 206 valence electrons. The molecular formula is C25H21Cl2F5N6O. The van der Waals surface area contributed by atoms with Gasteiger partial charge >= 0.3 is 6.36 Å². The van der Waals surface area contributed by atoms with Gasteiger partial charge in [-0.3, -0.25) is 0 Å². The van der Waals surface area contributed by atoms with Crippen molar-refractivity contribution in [3.8, 4) is 17.1 Å². The summed E-state index contributed by atoms with van der Waals surface area (Å²) in [5.41, 5.74) is 1.04. The van der Waals surface area contributed by atoms with Gasteiger partial charge in [0.25, 0.3) is 0 Å². The highest BCUT2D eigenvalue weighted by atomic mass is 35.5. The molecule has 7 nitrogen and oxygen atoms in total. The number of imidazole rings is 1. The number of rotatable bonds is 7. The SMILES string of the molecule is Fc1ccc(CNc2ncc3nc(-c4c(Cl)cc(Cl)cc4OC(F)(F)F)n(C[C@H]4CCCNC4)c3n2)cc1F. The van der Waals surface area contributed by atoms with Crippen LogP contribution in [0.25, 0.3) is 22.6 Å². The van der Waals surface area contributed by atoms with Gasteiger partial charge in [0.2, 0.25) is 5.95 Å². The zero-order valence-electron chi connectivity index (χ0n) is 20.1. The van der Waals surface area contributed by atoms with Crippen LogP contribution in [0.2, 0.25) is 10.0 Å². The maximum atomic E-state index is 13.6. The van der Waals surface area contributed by atoms with E-state index in [2.05, 4.69) is 30.3 Å². The smallest absolute Gasteiger partial charge is 0.405 e. The van der Waals surface area contributed by atoms with Crippen LogP contribution in [0.3, 0.4) is 0 Å². The predicted molar refractivity (Wildman–Crippen MR) is 137 cm³/mol. The molecule has 1 atom stereocenters. The van der Waals surface area contributed by atoms with Gasteiger partial charge in [-0.15, -0.1) is 13.2 Å². The average molecular weight is 587 g/mol. The number of hydrogen-bond donors (Lipinski definition) is 2. The summed E-state index contributed by atoms with van der Waals surface area (Å²) >= 11 is 12.4. The molecule has 0 aliphatic carbocycles. The van der Waals surface area contributed by atoms with E-state index in [1.54, 1.807) is 4.57 Å². The third-order valence-electron chi connectivity index (χ3n) is 6.23. The van der Waals surface area contributed by atoms with Crippen LogP contribution in [0.15, 0.2) is 36.5 Å². The zero-order valence-corrected chi connectivity index (χ0v) is 21.6. The second kappa shape index (κ2) is 11.1. The van der Waals surface area contributed by atoms with E-state index in [-0.39, 0.29) is 39.8 Å². The van der Waals surface area contributed by atoms with E-state index in [0.717, 1.165) is 37.6 Å². The quantitative estimate of drug-likeness (QED) is 0.238. The third kappa shape index (κ3) is 6.34. The van der Waals surface area contributed by atoms with Crippen molar-refractivity contribution in [2.45, 2.75) is 32.3 Å². The molecule has 2 N–H and O–H groups in total. The third-order valence-corrected chi connectivity index (χ3v) is 6.75. The van der Waals surface area contributed by atoms with Gasteiger partial charge in [-0.25, -0.2) is 18.7 Å². The molecule has 0 bridgehead atoms. The first-order valence-electron chi connectivity index (χ1n) is 11.9. The Morgan fingerprint density at radius 2 is 1.92 bits per heavy atom. The van der Waals surface area contributed by atoms with Gasteiger partial charge in [0.1, 0.15) is 17.1 Å². The van der Waals surface area contributed by atoms with E-state index < -0.39 is 23.7 Å². The monoisotopic (exact) mass is 586 g/mol. The predicted octanol–water partition coefficient (Wildman–Crippen LogP) is 6.59. The van der Waals surface area contributed by atoms with Crippen molar-refractivity contribution in [3.63, 3.8) is 0 Å². The number of nitrogens with one attached hydrogen (secondary N) is 2. The molecule has 1 fully saturated rings. The maximum absolute atomic E-state index is 13.6. The van der Waals surface area contributed by atoms with Crippen LogP contribution in [-0.2, 0) is 13.1 Å². The number of aromatic nitrogens is 4. The highest BCUT2D eigenvalue weighted by molar-refractivity contribution is 6.36. The Kier molecular flexibility index (Phi) is 7.79. The first-order chi connectivity index (χ1) is 18.6. The van der Waals surface area contributed by atoms with Crippen LogP contribution >= 0.6 is 23.2 Å². The van der Waals surface area contributed by atoms with Gasteiger partial charge in [-0.1, -0.05) is 29.3 Å². The Balaban J connectivity index is 1.58. The summed E-state index contributed by atoms with van der Waals surface area (Å²) in [6.45, 7) is 2.05. The molecule has 39 heavy (non-hydrogen) atoms. The van der Waals surface area contributed by atoms with E-state index in [1.807, 2.05) is 0 Å². The van der Waals surface area contributed by atoms with Crippen molar-refractivity contribution >= 4 is 40.3 Å². The van der Waals surface area contributed by atoms with Gasteiger partial charge in [0.15, 0.2) is 17.3 Å². The summed E-state index contributed by atoms with van der Waals surface area (Å²) in [6.07, 6.45) is -1.75. The van der Waals surface area contributed by atoms with E-state index in [0.29, 0.717) is 29.8 Å². The topological polar surface area (TPSA) is 76.9 Å². The fourth-order valence-electron chi connectivity index (χ4n) is 4.51. The summed E-state index contributed by atoms with van der Waals surface area (Å²) in [6, 6.07) is 5.85. The van der Waals surface area contributed by atoms with E-state index in [4.69, 9.17) is 23.2 Å². The molecule has 14 heteroatoms. The number of alkyl halides is 3. The van der Waals surface area contributed by atoms with Gasteiger partial charge in [-0.2, -0.15) is 4.98 Å². The number of fused-ring (bicyclic) bond motifs is 1. The number of piperidine rings is 1. The first kappa shape index (κ1) is 27.4. The molecule has 1 aliphatic heterocycles. The molecule has 3 heterocycles. The van der Waals surface area contributed by atoms with Crippen LogP contribution in [0.4, 0.5) is 27.9 Å². The number of hydrogen-bond acceptors (Lipinski definition) is 6. The molecule has 1 aliphatic rings. The number of halogens is 7. The van der Waals surface area contributed by atoms with Crippen molar-refractivity contribution in [2.24, 2.45) is 5.92 Å². The Labute approximate surface area is 229 Å². The number of anilines is 1. The van der Waals surface area contributed by atoms with Crippen LogP contribution in [0.5, 0.6) is 5.75 Å². The Hall–Kier alpha value is -3.22. The number of ether oxygens (including phenoxy) is 1. The molecule has 4 aromatic rings. The summed E-state index contributed by atoms with van der Waals surface area (Å²) < 4.78 is 72.7.